The van der Waals surface area contributed by atoms with Crippen molar-refractivity contribution in [3.63, 3.8) is 0 Å². The van der Waals surface area contributed by atoms with Crippen LogP contribution in [0.15, 0.2) is 84.9 Å². The van der Waals surface area contributed by atoms with Gasteiger partial charge in [-0.25, -0.2) is 9.97 Å². The van der Waals surface area contributed by atoms with E-state index in [0.717, 1.165) is 43.7 Å². The number of nitrogens with one attached hydrogen (secondary N) is 2. The number of para-hydroxylation sites is 4. The largest absolute Gasteiger partial charge is 0.348 e. The van der Waals surface area contributed by atoms with Gasteiger partial charge in [0, 0.05) is 39.7 Å². The molecule has 6 rings (SSSR count). The zero-order valence-electron chi connectivity index (χ0n) is 28.7. The summed E-state index contributed by atoms with van der Waals surface area (Å²) in [5, 5.41) is 10.3. The van der Waals surface area contributed by atoms with E-state index in [1.54, 1.807) is 0 Å². The first-order valence-electron chi connectivity index (χ1n) is 17.1. The molecule has 0 spiro atoms. The minimum atomic E-state index is -0.527. The number of rotatable bonds is 10. The number of carbonyl (C=O) groups is 2. The number of hydrogen-bond acceptors (Lipinski definition) is 5. The minimum Gasteiger partial charge on any atom is -0.348 e. The Morgan fingerprint density at radius 3 is 1.29 bits per heavy atom. The first-order valence-corrected chi connectivity index (χ1v) is 17.1. The monoisotopic (exact) mass is 639 g/mol. The summed E-state index contributed by atoms with van der Waals surface area (Å²) in [7, 11) is 0. The van der Waals surface area contributed by atoms with Gasteiger partial charge in [0.05, 0.1) is 33.2 Å². The Kier molecular flexibility index (Phi) is 9.42. The Bertz CT molecular complexity index is 2000. The molecule has 2 unspecified atom stereocenters. The third-order valence-corrected chi connectivity index (χ3v) is 9.58. The van der Waals surface area contributed by atoms with Crippen LogP contribution in [0, 0.1) is 0 Å². The van der Waals surface area contributed by atoms with Crippen LogP contribution in [0.3, 0.4) is 0 Å². The maximum Gasteiger partial charge on any atom is 0.253 e. The lowest BCUT2D eigenvalue weighted by molar-refractivity contribution is 0.0909. The number of fused-ring (bicyclic) bond motifs is 4. The van der Waals surface area contributed by atoms with Gasteiger partial charge in [-0.3, -0.25) is 9.59 Å². The smallest absolute Gasteiger partial charge is 0.253 e. The molecule has 0 fully saturated rings. The van der Waals surface area contributed by atoms with E-state index in [-0.39, 0.29) is 23.9 Å². The van der Waals surface area contributed by atoms with Crippen LogP contribution in [0.4, 0.5) is 0 Å². The number of nitrogens with zero attached hydrogens (tertiary/aromatic N) is 2. The molecular formula is C41H45N5O2. The molecule has 0 aliphatic carbocycles. The average Bonchev–Trinajstić information content (AvgIpc) is 3.09. The molecular weight excluding hydrogens is 594 g/mol. The van der Waals surface area contributed by atoms with Gasteiger partial charge in [0.15, 0.2) is 0 Å². The normalized spacial score (nSPS) is 13.8. The lowest BCUT2D eigenvalue weighted by Gasteiger charge is -2.31. The van der Waals surface area contributed by atoms with E-state index in [9.17, 15) is 9.59 Å². The highest BCUT2D eigenvalue weighted by Gasteiger charge is 2.29. The van der Waals surface area contributed by atoms with Gasteiger partial charge in [0.2, 0.25) is 0 Å². The van der Waals surface area contributed by atoms with E-state index in [4.69, 9.17) is 15.7 Å². The third-order valence-electron chi connectivity index (χ3n) is 9.58. The van der Waals surface area contributed by atoms with E-state index in [1.165, 1.54) is 0 Å². The SMILES string of the molecule is CCC(NC(=O)c1cccc2cc3cccc(C(C)C)c3nc12)C(N)C(CC)NC(=O)c1cccc2cc3cccc(C(C)C)c3nc12. The maximum absolute atomic E-state index is 13.9. The molecule has 0 saturated heterocycles. The van der Waals surface area contributed by atoms with Crippen molar-refractivity contribution in [2.45, 2.75) is 84.3 Å². The van der Waals surface area contributed by atoms with Gasteiger partial charge in [-0.15, -0.1) is 0 Å². The van der Waals surface area contributed by atoms with Gasteiger partial charge >= 0.3 is 0 Å². The summed E-state index contributed by atoms with van der Waals surface area (Å²) in [5.41, 5.74) is 13.3. The van der Waals surface area contributed by atoms with E-state index in [1.807, 2.05) is 50.2 Å². The Labute approximate surface area is 282 Å². The molecule has 2 heterocycles. The summed E-state index contributed by atoms with van der Waals surface area (Å²) in [6.45, 7) is 12.6. The van der Waals surface area contributed by atoms with E-state index in [2.05, 4.69) is 86.9 Å². The van der Waals surface area contributed by atoms with Crippen molar-refractivity contribution in [2.24, 2.45) is 5.73 Å². The molecule has 0 radical (unpaired) electrons. The Morgan fingerprint density at radius 1 is 0.583 bits per heavy atom. The highest BCUT2D eigenvalue weighted by molar-refractivity contribution is 6.09. The first kappa shape index (κ1) is 33.0. The molecule has 7 nitrogen and oxygen atoms in total. The second-order valence-electron chi connectivity index (χ2n) is 13.4. The predicted molar refractivity (Wildman–Crippen MR) is 198 cm³/mol. The summed E-state index contributed by atoms with van der Waals surface area (Å²) in [5.74, 6) is 0.128. The molecule has 7 heteroatoms. The number of aromatic nitrogens is 2. The number of carbonyl (C=O) groups excluding carboxylic acids is 2. The van der Waals surface area contributed by atoms with Crippen molar-refractivity contribution in [3.05, 3.63) is 107 Å². The zero-order valence-corrected chi connectivity index (χ0v) is 28.7. The van der Waals surface area contributed by atoms with Crippen LogP contribution in [0.25, 0.3) is 43.6 Å². The molecule has 0 aliphatic heterocycles. The van der Waals surface area contributed by atoms with Crippen molar-refractivity contribution >= 4 is 55.4 Å². The zero-order chi connectivity index (χ0) is 34.1. The van der Waals surface area contributed by atoms with Gasteiger partial charge in [0.1, 0.15) is 0 Å². The number of nitrogens with two attached hydrogens (primary N) is 1. The fourth-order valence-corrected chi connectivity index (χ4v) is 6.83. The van der Waals surface area contributed by atoms with Crippen LogP contribution in [0.1, 0.15) is 98.1 Å². The lowest BCUT2D eigenvalue weighted by atomic mass is 9.95. The van der Waals surface area contributed by atoms with E-state index in [0.29, 0.717) is 46.8 Å². The van der Waals surface area contributed by atoms with Gasteiger partial charge in [-0.05, 0) is 60.1 Å². The molecule has 2 atom stereocenters. The summed E-state index contributed by atoms with van der Waals surface area (Å²) >= 11 is 0. The van der Waals surface area contributed by atoms with Crippen LogP contribution < -0.4 is 16.4 Å². The summed E-state index contributed by atoms with van der Waals surface area (Å²) in [6.07, 6.45) is 1.19. The Hall–Kier alpha value is -4.88. The molecule has 2 aromatic heterocycles. The summed E-state index contributed by atoms with van der Waals surface area (Å²) < 4.78 is 0. The number of benzene rings is 4. The molecule has 6 aromatic rings. The van der Waals surface area contributed by atoms with Gasteiger partial charge in [0.25, 0.3) is 11.8 Å². The summed E-state index contributed by atoms with van der Waals surface area (Å²) in [6, 6.07) is 26.7. The molecule has 4 aromatic carbocycles. The van der Waals surface area contributed by atoms with Gasteiger partial charge in [-0.2, -0.15) is 0 Å². The highest BCUT2D eigenvalue weighted by Crippen LogP contribution is 2.30. The molecule has 0 aliphatic rings. The maximum atomic E-state index is 13.9. The molecule has 246 valence electrons. The predicted octanol–water partition coefficient (Wildman–Crippen LogP) is 8.38. The molecule has 48 heavy (non-hydrogen) atoms. The van der Waals surface area contributed by atoms with E-state index < -0.39 is 6.04 Å². The van der Waals surface area contributed by atoms with Gasteiger partial charge < -0.3 is 16.4 Å². The third kappa shape index (κ3) is 6.22. The number of pyridine rings is 2. The summed E-state index contributed by atoms with van der Waals surface area (Å²) in [4.78, 5) is 37.8. The van der Waals surface area contributed by atoms with Crippen LogP contribution in [-0.4, -0.2) is 39.9 Å². The quantitative estimate of drug-likeness (QED) is 0.130. The minimum absolute atomic E-state index is 0.232. The fraction of sp³-hybridized carbons (Fsp3) is 0.317. The fourth-order valence-electron chi connectivity index (χ4n) is 6.83. The van der Waals surface area contributed by atoms with Gasteiger partial charge in [-0.1, -0.05) is 102 Å². The second kappa shape index (κ2) is 13.7. The van der Waals surface area contributed by atoms with Crippen LogP contribution >= 0.6 is 0 Å². The van der Waals surface area contributed by atoms with Crippen molar-refractivity contribution in [1.29, 1.82) is 0 Å². The van der Waals surface area contributed by atoms with Crippen LogP contribution in [0.5, 0.6) is 0 Å². The highest BCUT2D eigenvalue weighted by atomic mass is 16.2. The van der Waals surface area contributed by atoms with Crippen molar-refractivity contribution in [1.82, 2.24) is 20.6 Å². The van der Waals surface area contributed by atoms with Crippen LogP contribution in [0.2, 0.25) is 0 Å². The van der Waals surface area contributed by atoms with Crippen LogP contribution in [-0.2, 0) is 0 Å². The average molecular weight is 640 g/mol. The molecule has 0 saturated carbocycles. The second-order valence-corrected chi connectivity index (χ2v) is 13.4. The molecule has 0 bridgehead atoms. The lowest BCUT2D eigenvalue weighted by Crippen LogP contribution is -2.58. The standard InChI is InChI=1S/C41H45N5O2/c1-7-33(43-40(47)31-19-11-15-27-21-25-13-9-17-29(23(3)4)36(25)45-38(27)31)35(42)34(8-2)44-41(48)32-20-12-16-28-22-26-14-10-18-30(24(5)6)37(26)46-39(28)32/h9-24,33-35H,7-8,42H2,1-6H3,(H,43,47)(H,44,48). The number of hydrogen-bond donors (Lipinski definition) is 3. The molecule has 2 amide bonds. The van der Waals surface area contributed by atoms with Crippen molar-refractivity contribution in [3.8, 4) is 0 Å². The Balaban J connectivity index is 1.26. The topological polar surface area (TPSA) is 110 Å². The van der Waals surface area contributed by atoms with Crippen molar-refractivity contribution < 1.29 is 9.59 Å². The molecule has 4 N–H and O–H groups in total. The van der Waals surface area contributed by atoms with E-state index >= 15 is 0 Å². The first-order chi connectivity index (χ1) is 23.1. The Morgan fingerprint density at radius 2 is 0.938 bits per heavy atom. The number of amides is 2. The van der Waals surface area contributed by atoms with Crippen molar-refractivity contribution in [2.75, 3.05) is 0 Å².